The van der Waals surface area contributed by atoms with E-state index in [9.17, 15) is 13.6 Å². The molecule has 0 bridgehead atoms. The summed E-state index contributed by atoms with van der Waals surface area (Å²) in [6.45, 7) is 3.25. The van der Waals surface area contributed by atoms with Gasteiger partial charge >= 0.3 is 0 Å². The van der Waals surface area contributed by atoms with Crippen LogP contribution in [0.2, 0.25) is 0 Å². The third-order valence-corrected chi connectivity index (χ3v) is 4.71. The fourth-order valence-corrected chi connectivity index (χ4v) is 3.06. The van der Waals surface area contributed by atoms with Crippen LogP contribution in [0, 0.1) is 11.6 Å². The van der Waals surface area contributed by atoms with E-state index >= 15 is 0 Å². The van der Waals surface area contributed by atoms with Gasteiger partial charge in [-0.1, -0.05) is 42.5 Å². The molecule has 1 atom stereocenters. The Hall–Kier alpha value is -2.53. The number of benzene rings is 2. The highest BCUT2D eigenvalue weighted by molar-refractivity contribution is 5.80. The molecule has 1 heterocycles. The number of nitrogens with zero attached hydrogens (tertiary/aromatic N) is 1. The smallest absolute Gasteiger partial charge is 0.236 e. The summed E-state index contributed by atoms with van der Waals surface area (Å²) in [5.41, 5.74) is 3.07. The molecule has 26 heavy (non-hydrogen) atoms. The fourth-order valence-electron chi connectivity index (χ4n) is 3.06. The molecule has 0 spiro atoms. The first-order valence-electron chi connectivity index (χ1n) is 8.75. The zero-order chi connectivity index (χ0) is 18.5. The Morgan fingerprint density at radius 3 is 2.58 bits per heavy atom. The van der Waals surface area contributed by atoms with Gasteiger partial charge in [0, 0.05) is 19.1 Å². The van der Waals surface area contributed by atoms with Crippen LogP contribution in [0.4, 0.5) is 8.78 Å². The molecule has 0 fully saturated rings. The number of rotatable bonds is 5. The largest absolute Gasteiger partial charge is 0.338 e. The minimum atomic E-state index is -0.878. The average Bonchev–Trinajstić information content (AvgIpc) is 2.68. The molecule has 2 aromatic rings. The van der Waals surface area contributed by atoms with Crippen molar-refractivity contribution in [2.75, 3.05) is 19.6 Å². The molecule has 0 saturated heterocycles. The number of nitrogens with one attached hydrogen (secondary N) is 1. The van der Waals surface area contributed by atoms with E-state index in [-0.39, 0.29) is 18.5 Å². The Morgan fingerprint density at radius 2 is 1.92 bits per heavy atom. The summed E-state index contributed by atoms with van der Waals surface area (Å²) in [5.74, 6) is -1.74. The third-order valence-electron chi connectivity index (χ3n) is 4.71. The molecule has 0 aromatic heterocycles. The first-order valence-corrected chi connectivity index (χ1v) is 8.75. The lowest BCUT2D eigenvalue weighted by atomic mass is 9.99. The van der Waals surface area contributed by atoms with Crippen LogP contribution in [0.3, 0.4) is 0 Å². The summed E-state index contributed by atoms with van der Waals surface area (Å²) in [5, 5.41) is 3.08. The molecule has 0 saturated carbocycles. The first-order chi connectivity index (χ1) is 12.5. The van der Waals surface area contributed by atoms with Crippen molar-refractivity contribution in [3.8, 4) is 0 Å². The zero-order valence-electron chi connectivity index (χ0n) is 14.7. The normalized spacial score (nSPS) is 15.5. The SMILES string of the molecule is C[C@H](NCC(=O)N1CC=C(c2ccccc2)CC1)c1ccc(F)c(F)c1. The van der Waals surface area contributed by atoms with Gasteiger partial charge in [-0.3, -0.25) is 4.79 Å². The maximum Gasteiger partial charge on any atom is 0.236 e. The summed E-state index contributed by atoms with van der Waals surface area (Å²) < 4.78 is 26.3. The maximum absolute atomic E-state index is 13.3. The van der Waals surface area contributed by atoms with Gasteiger partial charge in [0.15, 0.2) is 11.6 Å². The molecule has 136 valence electrons. The maximum atomic E-state index is 13.3. The minimum Gasteiger partial charge on any atom is -0.338 e. The van der Waals surface area contributed by atoms with Crippen molar-refractivity contribution in [2.45, 2.75) is 19.4 Å². The number of hydrogen-bond acceptors (Lipinski definition) is 2. The Morgan fingerprint density at radius 1 is 1.15 bits per heavy atom. The Labute approximate surface area is 152 Å². The molecule has 1 aliphatic heterocycles. The number of carbonyl (C=O) groups excluding carboxylic acids is 1. The van der Waals surface area contributed by atoms with E-state index in [1.165, 1.54) is 17.2 Å². The van der Waals surface area contributed by atoms with E-state index in [1.54, 1.807) is 4.90 Å². The Bertz CT molecular complexity index is 805. The molecule has 0 aliphatic carbocycles. The molecule has 0 unspecified atom stereocenters. The van der Waals surface area contributed by atoms with E-state index in [4.69, 9.17) is 0 Å². The van der Waals surface area contributed by atoms with E-state index in [0.717, 1.165) is 18.6 Å². The van der Waals surface area contributed by atoms with Gasteiger partial charge in [0.25, 0.3) is 0 Å². The van der Waals surface area contributed by atoms with Gasteiger partial charge in [0.2, 0.25) is 5.91 Å². The van der Waals surface area contributed by atoms with E-state index in [0.29, 0.717) is 18.7 Å². The summed E-state index contributed by atoms with van der Waals surface area (Å²) in [4.78, 5) is 14.2. The van der Waals surface area contributed by atoms with Gasteiger partial charge in [-0.15, -0.1) is 0 Å². The second kappa shape index (κ2) is 8.23. The molecule has 3 rings (SSSR count). The monoisotopic (exact) mass is 356 g/mol. The zero-order valence-corrected chi connectivity index (χ0v) is 14.7. The van der Waals surface area contributed by atoms with Crippen molar-refractivity contribution in [2.24, 2.45) is 0 Å². The molecule has 1 N–H and O–H groups in total. The van der Waals surface area contributed by atoms with Gasteiger partial charge in [0.05, 0.1) is 6.54 Å². The van der Waals surface area contributed by atoms with Crippen LogP contribution < -0.4 is 5.32 Å². The number of halogens is 2. The molecule has 5 heteroatoms. The lowest BCUT2D eigenvalue weighted by Crippen LogP contribution is -2.41. The molecular formula is C21H22F2N2O. The summed E-state index contributed by atoms with van der Waals surface area (Å²) in [7, 11) is 0. The van der Waals surface area contributed by atoms with Crippen molar-refractivity contribution in [3.63, 3.8) is 0 Å². The number of carbonyl (C=O) groups is 1. The van der Waals surface area contributed by atoms with E-state index < -0.39 is 11.6 Å². The topological polar surface area (TPSA) is 32.3 Å². The van der Waals surface area contributed by atoms with Crippen molar-refractivity contribution in [1.82, 2.24) is 10.2 Å². The quantitative estimate of drug-likeness (QED) is 0.880. The highest BCUT2D eigenvalue weighted by atomic mass is 19.2. The highest BCUT2D eigenvalue weighted by Gasteiger charge is 2.18. The third kappa shape index (κ3) is 4.35. The van der Waals surface area contributed by atoms with Gasteiger partial charge < -0.3 is 10.2 Å². The highest BCUT2D eigenvalue weighted by Crippen LogP contribution is 2.22. The van der Waals surface area contributed by atoms with Gasteiger partial charge in [0.1, 0.15) is 0 Å². The second-order valence-electron chi connectivity index (χ2n) is 6.46. The van der Waals surface area contributed by atoms with Crippen molar-refractivity contribution in [1.29, 1.82) is 0 Å². The molecule has 1 amide bonds. The standard InChI is InChI=1S/C21H22F2N2O/c1-15(18-7-8-19(22)20(23)13-18)24-14-21(26)25-11-9-17(10-12-25)16-5-3-2-4-6-16/h2-9,13,15,24H,10-12,14H2,1H3/t15-/m0/s1. The average molecular weight is 356 g/mol. The van der Waals surface area contributed by atoms with Crippen LogP contribution in [-0.4, -0.2) is 30.4 Å². The van der Waals surface area contributed by atoms with Crippen LogP contribution in [0.15, 0.2) is 54.6 Å². The summed E-state index contributed by atoms with van der Waals surface area (Å²) in [6.07, 6.45) is 2.92. The van der Waals surface area contributed by atoms with Crippen molar-refractivity contribution < 1.29 is 13.6 Å². The second-order valence-corrected chi connectivity index (χ2v) is 6.46. The van der Waals surface area contributed by atoms with Gasteiger partial charge in [-0.25, -0.2) is 8.78 Å². The lowest BCUT2D eigenvalue weighted by molar-refractivity contribution is -0.129. The predicted molar refractivity (Wildman–Crippen MR) is 98.4 cm³/mol. The molecule has 0 radical (unpaired) electrons. The Balaban J connectivity index is 1.53. The van der Waals surface area contributed by atoms with Crippen LogP contribution in [0.1, 0.15) is 30.5 Å². The Kier molecular flexibility index (Phi) is 5.78. The summed E-state index contributed by atoms with van der Waals surface area (Å²) in [6, 6.07) is 13.7. The number of amides is 1. The minimum absolute atomic E-state index is 0.00259. The van der Waals surface area contributed by atoms with Crippen LogP contribution >= 0.6 is 0 Å². The van der Waals surface area contributed by atoms with Crippen molar-refractivity contribution >= 4 is 11.5 Å². The predicted octanol–water partition coefficient (Wildman–Crippen LogP) is 3.93. The van der Waals surface area contributed by atoms with Crippen LogP contribution in [0.5, 0.6) is 0 Å². The van der Waals surface area contributed by atoms with E-state index in [2.05, 4.69) is 23.5 Å². The molecule has 3 nitrogen and oxygen atoms in total. The van der Waals surface area contributed by atoms with Gasteiger partial charge in [-0.05, 0) is 42.2 Å². The molecule has 1 aliphatic rings. The first kappa shape index (κ1) is 18.3. The van der Waals surface area contributed by atoms with Crippen molar-refractivity contribution in [3.05, 3.63) is 77.4 Å². The van der Waals surface area contributed by atoms with Crippen LogP contribution in [0.25, 0.3) is 5.57 Å². The number of hydrogen-bond donors (Lipinski definition) is 1. The fraction of sp³-hybridized carbons (Fsp3) is 0.286. The van der Waals surface area contributed by atoms with Crippen LogP contribution in [-0.2, 0) is 4.79 Å². The molecular weight excluding hydrogens is 334 g/mol. The lowest BCUT2D eigenvalue weighted by Gasteiger charge is -2.27. The summed E-state index contributed by atoms with van der Waals surface area (Å²) >= 11 is 0. The molecule has 2 aromatic carbocycles. The van der Waals surface area contributed by atoms with Gasteiger partial charge in [-0.2, -0.15) is 0 Å². The van der Waals surface area contributed by atoms with E-state index in [1.807, 2.05) is 25.1 Å².